The summed E-state index contributed by atoms with van der Waals surface area (Å²) in [5.41, 5.74) is 0.871. The zero-order chi connectivity index (χ0) is 20.2. The maximum Gasteiger partial charge on any atom is 0.206 e. The van der Waals surface area contributed by atoms with Crippen LogP contribution in [0.4, 0.5) is 5.82 Å². The third-order valence-corrected chi connectivity index (χ3v) is 8.83. The molecule has 144 valence electrons. The molecule has 28 heavy (non-hydrogen) atoms. The van der Waals surface area contributed by atoms with E-state index < -0.39 is 24.3 Å². The van der Waals surface area contributed by atoms with Crippen molar-refractivity contribution < 1.29 is 16.8 Å². The summed E-state index contributed by atoms with van der Waals surface area (Å²) in [6, 6.07) is 18.3. The summed E-state index contributed by atoms with van der Waals surface area (Å²) in [7, 11) is -8.50. The molecule has 2 aromatic carbocycles. The maximum absolute atomic E-state index is 13.1. The quantitative estimate of drug-likeness (QED) is 0.577. The molecule has 0 saturated heterocycles. The normalized spacial score (nSPS) is 12.5. The largest absolute Gasteiger partial charge is 0.239 e. The van der Waals surface area contributed by atoms with Gasteiger partial charge in [-0.1, -0.05) is 36.4 Å². The molecule has 0 atom stereocenters. The number of aliphatic imine (C=N–C) groups is 1. The van der Waals surface area contributed by atoms with E-state index in [4.69, 9.17) is 0 Å². The van der Waals surface area contributed by atoms with Crippen molar-refractivity contribution in [2.75, 3.05) is 0 Å². The van der Waals surface area contributed by atoms with Crippen molar-refractivity contribution >= 4 is 31.7 Å². The lowest BCUT2D eigenvalue weighted by atomic mass is 10.3. The van der Waals surface area contributed by atoms with Crippen LogP contribution in [0.15, 0.2) is 93.8 Å². The highest BCUT2D eigenvalue weighted by molar-refractivity contribution is 8.10. The number of hydrogen-bond acceptors (Lipinski definition) is 6. The van der Waals surface area contributed by atoms with Crippen molar-refractivity contribution in [1.29, 1.82) is 0 Å². The van der Waals surface area contributed by atoms with E-state index in [2.05, 4.69) is 9.98 Å². The number of pyridine rings is 1. The van der Waals surface area contributed by atoms with Crippen molar-refractivity contribution in [1.82, 2.24) is 4.98 Å². The average Bonchev–Trinajstić information content (AvgIpc) is 2.69. The second-order valence-electron chi connectivity index (χ2n) is 6.05. The summed E-state index contributed by atoms with van der Waals surface area (Å²) in [6.07, 6.45) is 2.46. The number of benzene rings is 2. The van der Waals surface area contributed by atoms with Crippen molar-refractivity contribution in [2.24, 2.45) is 4.99 Å². The SMILES string of the molecule is Cc1ccnc(N=CC(S(=O)(=O)c2ccccc2)S(=O)(=O)c2ccccc2)c1. The van der Waals surface area contributed by atoms with Crippen molar-refractivity contribution in [3.63, 3.8) is 0 Å². The van der Waals surface area contributed by atoms with Gasteiger partial charge in [-0.2, -0.15) is 0 Å². The summed E-state index contributed by atoms with van der Waals surface area (Å²) in [5, 5.41) is 0. The monoisotopic (exact) mass is 414 g/mol. The molecule has 0 unspecified atom stereocenters. The molecule has 0 saturated carbocycles. The zero-order valence-electron chi connectivity index (χ0n) is 15.0. The van der Waals surface area contributed by atoms with Crippen LogP contribution in [-0.2, 0) is 19.7 Å². The van der Waals surface area contributed by atoms with E-state index in [-0.39, 0.29) is 15.6 Å². The van der Waals surface area contributed by atoms with E-state index in [9.17, 15) is 16.8 Å². The van der Waals surface area contributed by atoms with Crippen LogP contribution in [-0.4, -0.2) is 32.6 Å². The molecule has 0 spiro atoms. The topological polar surface area (TPSA) is 93.5 Å². The first-order chi connectivity index (χ1) is 13.3. The number of aromatic nitrogens is 1. The molecule has 8 heteroatoms. The van der Waals surface area contributed by atoms with Gasteiger partial charge in [0.2, 0.25) is 24.3 Å². The summed E-state index contributed by atoms with van der Waals surface area (Å²) < 4.78 is 50.7. The third-order valence-electron chi connectivity index (χ3n) is 3.98. The molecule has 0 N–H and O–H groups in total. The predicted octanol–water partition coefficient (Wildman–Crippen LogP) is 3.37. The molecule has 0 aliphatic rings. The highest BCUT2D eigenvalue weighted by Crippen LogP contribution is 2.25. The minimum Gasteiger partial charge on any atom is -0.239 e. The van der Waals surface area contributed by atoms with E-state index >= 15 is 0 Å². The first-order valence-electron chi connectivity index (χ1n) is 8.36. The molecular formula is C20H18N2O4S2. The molecule has 0 fully saturated rings. The number of hydrogen-bond donors (Lipinski definition) is 0. The Balaban J connectivity index is 2.14. The molecule has 0 radical (unpaired) electrons. The van der Waals surface area contributed by atoms with Crippen LogP contribution in [0.2, 0.25) is 0 Å². The second kappa shape index (κ2) is 8.04. The fraction of sp³-hybridized carbons (Fsp3) is 0.100. The van der Waals surface area contributed by atoms with Gasteiger partial charge in [0.05, 0.1) is 9.79 Å². The van der Waals surface area contributed by atoms with E-state index in [1.54, 1.807) is 48.5 Å². The number of aryl methyl sites for hydroxylation is 1. The van der Waals surface area contributed by atoms with Gasteiger partial charge in [0, 0.05) is 12.4 Å². The van der Waals surface area contributed by atoms with Gasteiger partial charge in [-0.3, -0.25) is 0 Å². The lowest BCUT2D eigenvalue weighted by Gasteiger charge is -2.15. The molecule has 0 bridgehead atoms. The smallest absolute Gasteiger partial charge is 0.206 e. The molecule has 1 aromatic heterocycles. The highest BCUT2D eigenvalue weighted by atomic mass is 32.3. The summed E-state index contributed by atoms with van der Waals surface area (Å²) in [4.78, 5) is 7.90. The molecule has 3 aromatic rings. The minimum absolute atomic E-state index is 0.0943. The molecule has 3 rings (SSSR count). The van der Waals surface area contributed by atoms with Gasteiger partial charge in [-0.25, -0.2) is 26.8 Å². The predicted molar refractivity (Wildman–Crippen MR) is 108 cm³/mol. The van der Waals surface area contributed by atoms with Crippen LogP contribution in [0, 0.1) is 6.92 Å². The summed E-state index contributed by atoms with van der Waals surface area (Å²) in [6.45, 7) is 1.83. The Bertz CT molecular complexity index is 1120. The average molecular weight is 415 g/mol. The molecule has 1 heterocycles. The Morgan fingerprint density at radius 1 is 0.821 bits per heavy atom. The van der Waals surface area contributed by atoms with Gasteiger partial charge >= 0.3 is 0 Å². The van der Waals surface area contributed by atoms with Crippen LogP contribution < -0.4 is 0 Å². The van der Waals surface area contributed by atoms with Gasteiger partial charge in [0.1, 0.15) is 0 Å². The lowest BCUT2D eigenvalue weighted by Crippen LogP contribution is -2.32. The number of nitrogens with zero attached hydrogens (tertiary/aromatic N) is 2. The number of rotatable bonds is 6. The Hall–Kier alpha value is -2.84. The Kier molecular flexibility index (Phi) is 5.71. The minimum atomic E-state index is -4.25. The van der Waals surface area contributed by atoms with Crippen molar-refractivity contribution in [3.8, 4) is 0 Å². The number of sulfone groups is 2. The first-order valence-corrected chi connectivity index (χ1v) is 11.5. The van der Waals surface area contributed by atoms with Crippen LogP contribution in [0.1, 0.15) is 5.56 Å². The summed E-state index contributed by atoms with van der Waals surface area (Å²) >= 11 is 0. The van der Waals surface area contributed by atoms with E-state index in [1.165, 1.54) is 30.5 Å². The van der Waals surface area contributed by atoms with Gasteiger partial charge in [0.25, 0.3) is 0 Å². The second-order valence-corrected chi connectivity index (χ2v) is 10.5. The Morgan fingerprint density at radius 3 is 1.79 bits per heavy atom. The van der Waals surface area contributed by atoms with Gasteiger partial charge in [0.15, 0.2) is 5.82 Å². The van der Waals surface area contributed by atoms with Gasteiger partial charge in [-0.15, -0.1) is 0 Å². The molecule has 0 aliphatic carbocycles. The van der Waals surface area contributed by atoms with Crippen molar-refractivity contribution in [2.45, 2.75) is 21.3 Å². The van der Waals surface area contributed by atoms with Gasteiger partial charge in [-0.05, 0) is 48.9 Å². The van der Waals surface area contributed by atoms with E-state index in [1.807, 2.05) is 6.92 Å². The van der Waals surface area contributed by atoms with Crippen LogP contribution >= 0.6 is 0 Å². The molecule has 0 aliphatic heterocycles. The fourth-order valence-electron chi connectivity index (χ4n) is 2.54. The lowest BCUT2D eigenvalue weighted by molar-refractivity contribution is 0.584. The Morgan fingerprint density at radius 2 is 1.32 bits per heavy atom. The van der Waals surface area contributed by atoms with Crippen LogP contribution in [0.25, 0.3) is 0 Å². The van der Waals surface area contributed by atoms with Gasteiger partial charge < -0.3 is 0 Å². The highest BCUT2D eigenvalue weighted by Gasteiger charge is 2.38. The molecular weight excluding hydrogens is 396 g/mol. The van der Waals surface area contributed by atoms with E-state index in [0.717, 1.165) is 11.8 Å². The summed E-state index contributed by atoms with van der Waals surface area (Å²) in [5.74, 6) is 0.233. The van der Waals surface area contributed by atoms with Crippen LogP contribution in [0.5, 0.6) is 0 Å². The molecule has 6 nitrogen and oxygen atoms in total. The zero-order valence-corrected chi connectivity index (χ0v) is 16.6. The van der Waals surface area contributed by atoms with Crippen molar-refractivity contribution in [3.05, 3.63) is 84.6 Å². The molecule has 0 amide bonds. The van der Waals surface area contributed by atoms with Crippen LogP contribution in [0.3, 0.4) is 0 Å². The third kappa shape index (κ3) is 4.18. The maximum atomic E-state index is 13.1. The fourth-order valence-corrected chi connectivity index (χ4v) is 6.60. The standard InChI is InChI=1S/C20H18N2O4S2/c1-16-12-13-21-19(14-16)22-15-20(27(23,24)17-8-4-2-5-9-17)28(25,26)18-10-6-3-7-11-18/h2-15,20H,1H3. The van der Waals surface area contributed by atoms with E-state index in [0.29, 0.717) is 0 Å². The first kappa shape index (κ1) is 19.9. The Labute approximate surface area is 164 Å².